The summed E-state index contributed by atoms with van der Waals surface area (Å²) in [6.07, 6.45) is 1.41. The molecular formula is C30H29N5O4. The number of nitrogens with one attached hydrogen (secondary N) is 1. The van der Waals surface area contributed by atoms with Gasteiger partial charge in [-0.25, -0.2) is 15.0 Å². The molecule has 2 aromatic heterocycles. The van der Waals surface area contributed by atoms with Crippen molar-refractivity contribution >= 4 is 11.2 Å². The molecule has 3 atom stereocenters. The molecular weight excluding hydrogens is 494 g/mol. The highest BCUT2D eigenvalue weighted by molar-refractivity contribution is 5.68. The minimum absolute atomic E-state index is 0.283. The van der Waals surface area contributed by atoms with Crippen LogP contribution in [0.15, 0.2) is 103 Å². The van der Waals surface area contributed by atoms with Gasteiger partial charge in [-0.2, -0.15) is 0 Å². The number of aliphatic hydroxyl groups excluding tert-OH is 2. The minimum Gasteiger partial charge on any atom is -0.497 e. The second-order valence-corrected chi connectivity index (χ2v) is 9.47. The molecule has 5 aromatic rings. The lowest BCUT2D eigenvalue weighted by atomic mass is 9.77. The van der Waals surface area contributed by atoms with Crippen LogP contribution in [0.2, 0.25) is 0 Å². The van der Waals surface area contributed by atoms with Crippen LogP contribution in [-0.2, 0) is 10.3 Å². The molecule has 0 bridgehead atoms. The van der Waals surface area contributed by atoms with Crippen molar-refractivity contribution in [3.05, 3.63) is 120 Å². The highest BCUT2D eigenvalue weighted by Gasteiger charge is 2.38. The second-order valence-electron chi connectivity index (χ2n) is 9.47. The molecule has 0 spiro atoms. The van der Waals surface area contributed by atoms with Crippen LogP contribution in [0.5, 0.6) is 5.75 Å². The van der Waals surface area contributed by atoms with Gasteiger partial charge in [0.1, 0.15) is 35.5 Å². The third-order valence-electron chi connectivity index (χ3n) is 7.25. The number of rotatable bonds is 7. The summed E-state index contributed by atoms with van der Waals surface area (Å²) in [6, 6.07) is 28.1. The second kappa shape index (κ2) is 10.5. The van der Waals surface area contributed by atoms with Gasteiger partial charge in [-0.15, -0.1) is 0 Å². The molecule has 0 amide bonds. The zero-order chi connectivity index (χ0) is 26.8. The first kappa shape index (κ1) is 25.0. The summed E-state index contributed by atoms with van der Waals surface area (Å²) >= 11 is 0. The fourth-order valence-corrected chi connectivity index (χ4v) is 5.27. The Morgan fingerprint density at radius 2 is 1.62 bits per heavy atom. The van der Waals surface area contributed by atoms with E-state index in [1.807, 2.05) is 65.2 Å². The number of aliphatic hydroxyl groups is 2. The first-order valence-corrected chi connectivity index (χ1v) is 12.8. The van der Waals surface area contributed by atoms with Crippen LogP contribution in [0.25, 0.3) is 11.2 Å². The maximum absolute atomic E-state index is 10.5. The number of aromatic nitrogens is 4. The molecule has 1 unspecified atom stereocenters. The van der Waals surface area contributed by atoms with Crippen molar-refractivity contribution in [1.82, 2.24) is 19.5 Å². The van der Waals surface area contributed by atoms with Crippen molar-refractivity contribution in [2.45, 2.75) is 30.4 Å². The Kier molecular flexibility index (Phi) is 6.70. The van der Waals surface area contributed by atoms with Gasteiger partial charge in [0.05, 0.1) is 26.1 Å². The van der Waals surface area contributed by atoms with Crippen LogP contribution in [0.4, 0.5) is 0 Å². The van der Waals surface area contributed by atoms with E-state index in [0.29, 0.717) is 16.7 Å². The minimum atomic E-state index is -0.983. The number of hydrogen-bond donors (Lipinski definition) is 3. The number of benzene rings is 3. The van der Waals surface area contributed by atoms with Gasteiger partial charge < -0.3 is 24.7 Å². The zero-order valence-electron chi connectivity index (χ0n) is 21.4. The van der Waals surface area contributed by atoms with Crippen molar-refractivity contribution in [3.8, 4) is 5.75 Å². The average Bonchev–Trinajstić information content (AvgIpc) is 3.63. The molecule has 0 aliphatic carbocycles. The topological polar surface area (TPSA) is 118 Å². The van der Waals surface area contributed by atoms with E-state index in [2.05, 4.69) is 39.2 Å². The van der Waals surface area contributed by atoms with E-state index >= 15 is 0 Å². The molecule has 9 nitrogen and oxygen atoms in total. The third kappa shape index (κ3) is 4.40. The number of H-pyrrole nitrogens is 1. The molecule has 0 radical (unpaired) electrons. The Labute approximate surface area is 225 Å². The smallest absolute Gasteiger partial charge is 0.182 e. The Balaban J connectivity index is 1.71. The van der Waals surface area contributed by atoms with Gasteiger partial charge in [0.2, 0.25) is 0 Å². The van der Waals surface area contributed by atoms with E-state index in [4.69, 9.17) is 14.5 Å². The number of imidazole rings is 1. The van der Waals surface area contributed by atoms with Crippen molar-refractivity contribution in [1.29, 1.82) is 0 Å². The number of methoxy groups -OCH3 is 1. The fraction of sp³-hybridized carbons (Fsp3) is 0.233. The zero-order valence-corrected chi connectivity index (χ0v) is 21.4. The normalized spacial score (nSPS) is 20.0. The number of fused-ring (bicyclic) bond motifs is 1. The highest BCUT2D eigenvalue weighted by atomic mass is 16.5. The molecule has 0 saturated carbocycles. The number of ether oxygens (including phenoxy) is 2. The van der Waals surface area contributed by atoms with Crippen LogP contribution in [0.3, 0.4) is 0 Å². The van der Waals surface area contributed by atoms with Crippen molar-refractivity contribution in [3.63, 3.8) is 0 Å². The number of nitrogens with zero attached hydrogens (tertiary/aromatic N) is 4. The highest BCUT2D eigenvalue weighted by Crippen LogP contribution is 2.41. The summed E-state index contributed by atoms with van der Waals surface area (Å²) in [4.78, 5) is 17.7. The van der Waals surface area contributed by atoms with E-state index in [-0.39, 0.29) is 13.0 Å². The quantitative estimate of drug-likeness (QED) is 0.282. The van der Waals surface area contributed by atoms with Gasteiger partial charge in [0.25, 0.3) is 0 Å². The lowest BCUT2D eigenvalue weighted by molar-refractivity contribution is -0.0459. The number of hydrogen-bond acceptors (Lipinski definition) is 7. The summed E-state index contributed by atoms with van der Waals surface area (Å²) < 4.78 is 13.3. The largest absolute Gasteiger partial charge is 0.497 e. The van der Waals surface area contributed by atoms with Crippen LogP contribution in [0, 0.1) is 0 Å². The monoisotopic (exact) mass is 523 g/mol. The van der Waals surface area contributed by atoms with Crippen LogP contribution in [0.1, 0.15) is 29.3 Å². The van der Waals surface area contributed by atoms with Crippen molar-refractivity contribution in [2.24, 2.45) is 4.99 Å². The van der Waals surface area contributed by atoms with E-state index < -0.39 is 24.0 Å². The van der Waals surface area contributed by atoms with Crippen molar-refractivity contribution < 1.29 is 19.7 Å². The Morgan fingerprint density at radius 3 is 2.21 bits per heavy atom. The Hall–Kier alpha value is -4.31. The SMILES string of the molecule is COc1ccc(C(N=c2c3[nH]cnc3ncn2C2C[C@@H](O)[C@@H](CO)O2)(c2ccccc2)c2ccccc2)cc1. The lowest BCUT2D eigenvalue weighted by Crippen LogP contribution is -2.35. The summed E-state index contributed by atoms with van der Waals surface area (Å²) in [6.45, 7) is -0.283. The summed E-state index contributed by atoms with van der Waals surface area (Å²) in [5.41, 5.74) is 3.55. The Bertz CT molecular complexity index is 1580. The average molecular weight is 524 g/mol. The van der Waals surface area contributed by atoms with Gasteiger partial charge >= 0.3 is 0 Å². The predicted octanol–water partition coefficient (Wildman–Crippen LogP) is 3.30. The van der Waals surface area contributed by atoms with Gasteiger partial charge in [-0.05, 0) is 28.8 Å². The van der Waals surface area contributed by atoms with Gasteiger partial charge in [-0.1, -0.05) is 72.8 Å². The number of aromatic amines is 1. The molecule has 9 heteroatoms. The molecule has 3 aromatic carbocycles. The van der Waals surface area contributed by atoms with Gasteiger partial charge in [0.15, 0.2) is 11.1 Å². The van der Waals surface area contributed by atoms with Crippen LogP contribution < -0.4 is 10.2 Å². The summed E-state index contributed by atoms with van der Waals surface area (Å²) in [7, 11) is 1.64. The van der Waals surface area contributed by atoms with E-state index in [0.717, 1.165) is 22.4 Å². The molecule has 1 aliphatic heterocycles. The van der Waals surface area contributed by atoms with E-state index in [1.54, 1.807) is 19.8 Å². The lowest BCUT2D eigenvalue weighted by Gasteiger charge is -2.32. The summed E-state index contributed by atoms with van der Waals surface area (Å²) in [5, 5.41) is 20.2. The van der Waals surface area contributed by atoms with E-state index in [9.17, 15) is 10.2 Å². The molecule has 1 fully saturated rings. The maximum atomic E-state index is 10.5. The predicted molar refractivity (Wildman–Crippen MR) is 145 cm³/mol. The molecule has 39 heavy (non-hydrogen) atoms. The maximum Gasteiger partial charge on any atom is 0.182 e. The molecule has 1 saturated heterocycles. The summed E-state index contributed by atoms with van der Waals surface area (Å²) in [5.74, 6) is 0.743. The van der Waals surface area contributed by atoms with Gasteiger partial charge in [0, 0.05) is 6.42 Å². The van der Waals surface area contributed by atoms with Crippen LogP contribution in [-0.4, -0.2) is 55.7 Å². The molecule has 198 valence electrons. The molecule has 6 rings (SSSR count). The standard InChI is InChI=1S/C30H29N5O4/c1-38-23-14-12-22(13-15-23)30(20-8-4-2-5-9-20,21-10-6-3-7-11-21)34-29-27-28(32-18-31-27)33-19-35(29)26-16-24(37)25(17-36)39-26/h2-15,18-19,24-26,36-37H,16-17H2,1H3,(H,31,32)/t24-,25-,26?/m1/s1. The Morgan fingerprint density at radius 1 is 0.974 bits per heavy atom. The molecule has 3 N–H and O–H groups in total. The molecule has 3 heterocycles. The van der Waals surface area contributed by atoms with Crippen LogP contribution >= 0.6 is 0 Å². The third-order valence-corrected chi connectivity index (χ3v) is 7.25. The fourth-order valence-electron chi connectivity index (χ4n) is 5.27. The van der Waals surface area contributed by atoms with E-state index in [1.165, 1.54) is 0 Å². The first-order chi connectivity index (χ1) is 19.1. The first-order valence-electron chi connectivity index (χ1n) is 12.8. The van der Waals surface area contributed by atoms with Crippen molar-refractivity contribution in [2.75, 3.05) is 13.7 Å². The molecule has 1 aliphatic rings. The van der Waals surface area contributed by atoms with Gasteiger partial charge in [-0.3, -0.25) is 4.57 Å².